The van der Waals surface area contributed by atoms with Crippen LogP contribution in [0, 0.1) is 0 Å². The number of hydrogen-bond acceptors (Lipinski definition) is 1. The van der Waals surface area contributed by atoms with E-state index in [0.717, 1.165) is 16.5 Å². The minimum Gasteiger partial charge on any atom is -0.509 e. The molecule has 0 saturated heterocycles. The monoisotopic (exact) mass is 254 g/mol. The first-order valence-electron chi connectivity index (χ1n) is 6.56. The smallest absolute Gasteiger partial charge is 0.151 e. The van der Waals surface area contributed by atoms with Crippen LogP contribution in [0.3, 0.4) is 0 Å². The van der Waals surface area contributed by atoms with E-state index in [9.17, 15) is 5.11 Å². The second-order valence-electron chi connectivity index (χ2n) is 4.89. The molecule has 3 rings (SSSR count). The zero-order valence-electron chi connectivity index (χ0n) is 11.5. The van der Waals surface area contributed by atoms with Crippen LogP contribution in [0.25, 0.3) is 27.6 Å². The SMILES string of the molecule is CCC(O)=c1n(C)c2cccc3cccc(c32)n1C. The van der Waals surface area contributed by atoms with Gasteiger partial charge in [0.25, 0.3) is 0 Å². The summed E-state index contributed by atoms with van der Waals surface area (Å²) in [6.07, 6.45) is 0.627. The van der Waals surface area contributed by atoms with Crippen LogP contribution in [0.1, 0.15) is 13.3 Å². The molecular formula is C16H18N2O. The second-order valence-corrected chi connectivity index (χ2v) is 4.89. The van der Waals surface area contributed by atoms with E-state index < -0.39 is 0 Å². The zero-order chi connectivity index (χ0) is 13.6. The Hall–Kier alpha value is -2.16. The quantitative estimate of drug-likeness (QED) is 0.711. The van der Waals surface area contributed by atoms with E-state index in [1.807, 2.05) is 21.0 Å². The van der Waals surface area contributed by atoms with Gasteiger partial charge in [0, 0.05) is 25.9 Å². The van der Waals surface area contributed by atoms with Crippen molar-refractivity contribution >= 4 is 27.6 Å². The van der Waals surface area contributed by atoms with Crippen molar-refractivity contribution < 1.29 is 5.11 Å². The van der Waals surface area contributed by atoms with Crippen molar-refractivity contribution in [3.63, 3.8) is 0 Å². The maximum Gasteiger partial charge on any atom is 0.151 e. The molecule has 3 aromatic rings. The van der Waals surface area contributed by atoms with Crippen LogP contribution in [0.15, 0.2) is 36.4 Å². The molecule has 0 atom stereocenters. The van der Waals surface area contributed by atoms with Crippen LogP contribution < -0.4 is 5.48 Å². The molecule has 0 saturated carbocycles. The van der Waals surface area contributed by atoms with Gasteiger partial charge in [0.15, 0.2) is 5.48 Å². The number of hydrogen-bond donors (Lipinski definition) is 1. The molecule has 0 radical (unpaired) electrons. The Bertz CT molecular complexity index is 779. The molecule has 98 valence electrons. The number of aliphatic hydroxyl groups is 1. The van der Waals surface area contributed by atoms with E-state index in [1.54, 1.807) is 0 Å². The highest BCUT2D eigenvalue weighted by atomic mass is 16.3. The predicted octanol–water partition coefficient (Wildman–Crippen LogP) is 3.03. The Labute approximate surface area is 112 Å². The lowest BCUT2D eigenvalue weighted by atomic mass is 10.1. The highest BCUT2D eigenvalue weighted by Gasteiger charge is 2.09. The Balaban J connectivity index is 2.71. The van der Waals surface area contributed by atoms with Crippen molar-refractivity contribution in [2.24, 2.45) is 14.1 Å². The summed E-state index contributed by atoms with van der Waals surface area (Å²) in [5.41, 5.74) is 3.14. The zero-order valence-corrected chi connectivity index (χ0v) is 11.5. The molecule has 2 aromatic carbocycles. The second kappa shape index (κ2) is 4.19. The van der Waals surface area contributed by atoms with Crippen LogP contribution in [-0.4, -0.2) is 14.2 Å². The van der Waals surface area contributed by atoms with Crippen molar-refractivity contribution in [1.82, 2.24) is 9.13 Å². The summed E-state index contributed by atoms with van der Waals surface area (Å²) in [4.78, 5) is 0. The highest BCUT2D eigenvalue weighted by Crippen LogP contribution is 2.24. The van der Waals surface area contributed by atoms with E-state index in [2.05, 4.69) is 45.5 Å². The number of rotatable bonds is 1. The molecule has 0 unspecified atom stereocenters. The van der Waals surface area contributed by atoms with Crippen molar-refractivity contribution in [1.29, 1.82) is 0 Å². The van der Waals surface area contributed by atoms with Gasteiger partial charge < -0.3 is 14.2 Å². The fraction of sp³-hybridized carbons (Fsp3) is 0.250. The molecule has 0 spiro atoms. The summed E-state index contributed by atoms with van der Waals surface area (Å²) >= 11 is 0. The molecule has 0 aliphatic heterocycles. The molecular weight excluding hydrogens is 236 g/mol. The van der Waals surface area contributed by atoms with Crippen LogP contribution >= 0.6 is 0 Å². The maximum atomic E-state index is 10.2. The molecule has 1 N–H and O–H groups in total. The number of aliphatic hydroxyl groups excluding tert-OH is 1. The van der Waals surface area contributed by atoms with E-state index >= 15 is 0 Å². The summed E-state index contributed by atoms with van der Waals surface area (Å²) in [6.45, 7) is 1.96. The average Bonchev–Trinajstić information content (AvgIpc) is 2.44. The minimum absolute atomic E-state index is 0.413. The van der Waals surface area contributed by atoms with Gasteiger partial charge in [-0.1, -0.05) is 31.2 Å². The first-order valence-corrected chi connectivity index (χ1v) is 6.56. The van der Waals surface area contributed by atoms with Gasteiger partial charge >= 0.3 is 0 Å². The Kier molecular flexibility index (Phi) is 2.63. The highest BCUT2D eigenvalue weighted by molar-refractivity contribution is 6.07. The van der Waals surface area contributed by atoms with Gasteiger partial charge in [-0.2, -0.15) is 0 Å². The van der Waals surface area contributed by atoms with Gasteiger partial charge in [-0.05, 0) is 17.5 Å². The van der Waals surface area contributed by atoms with Gasteiger partial charge in [0.1, 0.15) is 5.76 Å². The average molecular weight is 254 g/mol. The molecule has 3 heteroatoms. The summed E-state index contributed by atoms with van der Waals surface area (Å²) in [5.74, 6) is 0.413. The lowest BCUT2D eigenvalue weighted by Gasteiger charge is -2.17. The standard InChI is InChI=1S/C16H18N2O/c1-4-14(19)16-17(2)12-9-5-7-11-8-6-10-13(15(11)12)18(16)3/h5-10,19H,4H2,1-3H3. The first kappa shape index (κ1) is 11.9. The van der Waals surface area contributed by atoms with Crippen molar-refractivity contribution in [3.05, 3.63) is 41.9 Å². The third-order valence-electron chi connectivity index (χ3n) is 3.81. The molecule has 0 amide bonds. The number of nitrogens with zero attached hydrogens (tertiary/aromatic N) is 2. The third kappa shape index (κ3) is 1.58. The number of aromatic nitrogens is 2. The Morgan fingerprint density at radius 2 is 1.53 bits per heavy atom. The first-order chi connectivity index (χ1) is 9.15. The molecule has 0 bridgehead atoms. The number of benzene rings is 2. The lowest BCUT2D eigenvalue weighted by Crippen LogP contribution is -2.31. The van der Waals surface area contributed by atoms with E-state index in [0.29, 0.717) is 12.2 Å². The maximum absolute atomic E-state index is 10.2. The molecule has 1 aromatic heterocycles. The van der Waals surface area contributed by atoms with Crippen molar-refractivity contribution in [2.45, 2.75) is 13.3 Å². The van der Waals surface area contributed by atoms with Crippen LogP contribution in [0.5, 0.6) is 0 Å². The normalized spacial score (nSPS) is 11.3. The van der Waals surface area contributed by atoms with Gasteiger partial charge in [0.05, 0.1) is 11.0 Å². The molecule has 0 aliphatic carbocycles. The van der Waals surface area contributed by atoms with Gasteiger partial charge in [-0.15, -0.1) is 0 Å². The number of aryl methyl sites for hydroxylation is 2. The molecule has 1 heterocycles. The van der Waals surface area contributed by atoms with Gasteiger partial charge in [-0.3, -0.25) is 0 Å². The minimum atomic E-state index is 0.413. The van der Waals surface area contributed by atoms with Gasteiger partial charge in [0.2, 0.25) is 0 Å². The lowest BCUT2D eigenvalue weighted by molar-refractivity contribution is 0.469. The van der Waals surface area contributed by atoms with Gasteiger partial charge in [-0.25, -0.2) is 0 Å². The van der Waals surface area contributed by atoms with Crippen LogP contribution in [0.4, 0.5) is 0 Å². The van der Waals surface area contributed by atoms with Crippen LogP contribution in [-0.2, 0) is 14.1 Å². The van der Waals surface area contributed by atoms with Crippen LogP contribution in [0.2, 0.25) is 0 Å². The fourth-order valence-electron chi connectivity index (χ4n) is 2.86. The Morgan fingerprint density at radius 3 is 2.00 bits per heavy atom. The summed E-state index contributed by atoms with van der Waals surface area (Å²) in [5, 5.41) is 12.7. The van der Waals surface area contributed by atoms with E-state index in [1.165, 1.54) is 10.8 Å². The summed E-state index contributed by atoms with van der Waals surface area (Å²) in [7, 11) is 4.00. The molecule has 19 heavy (non-hydrogen) atoms. The third-order valence-corrected chi connectivity index (χ3v) is 3.81. The summed E-state index contributed by atoms with van der Waals surface area (Å²) < 4.78 is 4.13. The molecule has 0 aliphatic rings. The molecule has 3 nitrogen and oxygen atoms in total. The van der Waals surface area contributed by atoms with Crippen molar-refractivity contribution in [3.8, 4) is 0 Å². The van der Waals surface area contributed by atoms with E-state index in [4.69, 9.17) is 0 Å². The predicted molar refractivity (Wildman–Crippen MR) is 79.8 cm³/mol. The molecule has 0 fully saturated rings. The fourth-order valence-corrected chi connectivity index (χ4v) is 2.86. The van der Waals surface area contributed by atoms with Crippen molar-refractivity contribution in [2.75, 3.05) is 0 Å². The van der Waals surface area contributed by atoms with E-state index in [-0.39, 0.29) is 0 Å². The topological polar surface area (TPSA) is 30.1 Å². The Morgan fingerprint density at radius 1 is 1.00 bits per heavy atom. The summed E-state index contributed by atoms with van der Waals surface area (Å²) in [6, 6.07) is 12.6. The largest absolute Gasteiger partial charge is 0.509 e.